The number of anilines is 1. The molecule has 2 aromatic carbocycles. The minimum absolute atomic E-state index is 0.129. The monoisotopic (exact) mass is 300 g/mol. The molecule has 106 valence electrons. The Kier molecular flexibility index (Phi) is 3.64. The van der Waals surface area contributed by atoms with Crippen LogP contribution in [0.25, 0.3) is 10.9 Å². The van der Waals surface area contributed by atoms with E-state index in [0.29, 0.717) is 21.8 Å². The van der Waals surface area contributed by atoms with Gasteiger partial charge in [0.15, 0.2) is 0 Å². The van der Waals surface area contributed by atoms with E-state index in [0.717, 1.165) is 10.9 Å². The fourth-order valence-electron chi connectivity index (χ4n) is 2.25. The summed E-state index contributed by atoms with van der Waals surface area (Å²) in [6.07, 6.45) is 1.65. The van der Waals surface area contributed by atoms with Gasteiger partial charge in [-0.15, -0.1) is 0 Å². The number of fused-ring (bicyclic) bond motifs is 1. The second kappa shape index (κ2) is 5.60. The van der Waals surface area contributed by atoms with Gasteiger partial charge in [-0.25, -0.2) is 0 Å². The maximum absolute atomic E-state index is 12.4. The summed E-state index contributed by atoms with van der Waals surface area (Å²) in [7, 11) is 0. The van der Waals surface area contributed by atoms with E-state index in [-0.39, 0.29) is 12.5 Å². The minimum atomic E-state index is -0.246. The summed E-state index contributed by atoms with van der Waals surface area (Å²) in [6.45, 7) is -0.129. The molecule has 1 amide bonds. The molecule has 3 rings (SSSR count). The molecule has 5 heteroatoms. The zero-order chi connectivity index (χ0) is 14.8. The lowest BCUT2D eigenvalue weighted by Crippen LogP contribution is -2.12. The molecule has 0 fully saturated rings. The molecule has 4 nitrogen and oxygen atoms in total. The third-order valence-corrected chi connectivity index (χ3v) is 3.56. The number of para-hydroxylation sites is 1. The van der Waals surface area contributed by atoms with Crippen LogP contribution in [-0.2, 0) is 6.61 Å². The van der Waals surface area contributed by atoms with Crippen LogP contribution in [0.3, 0.4) is 0 Å². The van der Waals surface area contributed by atoms with Crippen LogP contribution >= 0.6 is 11.6 Å². The van der Waals surface area contributed by atoms with Gasteiger partial charge in [-0.1, -0.05) is 29.8 Å². The summed E-state index contributed by atoms with van der Waals surface area (Å²) < 4.78 is 0. The van der Waals surface area contributed by atoms with Crippen LogP contribution in [0.15, 0.2) is 48.7 Å². The molecule has 0 radical (unpaired) electrons. The van der Waals surface area contributed by atoms with Crippen molar-refractivity contribution in [1.29, 1.82) is 0 Å². The maximum atomic E-state index is 12.4. The van der Waals surface area contributed by atoms with Gasteiger partial charge in [0, 0.05) is 33.4 Å². The number of amides is 1. The van der Waals surface area contributed by atoms with Crippen LogP contribution in [-0.4, -0.2) is 16.0 Å². The molecule has 0 aliphatic carbocycles. The molecule has 3 N–H and O–H groups in total. The van der Waals surface area contributed by atoms with Crippen LogP contribution < -0.4 is 5.32 Å². The molecular formula is C16H13ClN2O2. The zero-order valence-corrected chi connectivity index (χ0v) is 11.8. The zero-order valence-electron chi connectivity index (χ0n) is 11.1. The van der Waals surface area contributed by atoms with Gasteiger partial charge in [-0.05, 0) is 24.3 Å². The fourth-order valence-corrected chi connectivity index (χ4v) is 2.42. The number of aliphatic hydroxyl groups excluding tert-OH is 1. The molecule has 0 unspecified atom stereocenters. The number of aromatic amines is 1. The number of rotatable bonds is 3. The van der Waals surface area contributed by atoms with E-state index in [9.17, 15) is 9.90 Å². The number of aromatic nitrogens is 1. The first-order chi connectivity index (χ1) is 10.2. The number of aliphatic hydroxyl groups is 1. The number of nitrogens with one attached hydrogen (secondary N) is 2. The molecule has 21 heavy (non-hydrogen) atoms. The smallest absolute Gasteiger partial charge is 0.257 e. The van der Waals surface area contributed by atoms with Crippen LogP contribution in [0.1, 0.15) is 15.9 Å². The van der Waals surface area contributed by atoms with Crippen molar-refractivity contribution in [1.82, 2.24) is 4.98 Å². The Morgan fingerprint density at radius 1 is 1.24 bits per heavy atom. The van der Waals surface area contributed by atoms with Gasteiger partial charge in [-0.2, -0.15) is 0 Å². The van der Waals surface area contributed by atoms with Crippen LogP contribution in [0.2, 0.25) is 5.02 Å². The number of carbonyl (C=O) groups is 1. The van der Waals surface area contributed by atoms with Gasteiger partial charge in [0.1, 0.15) is 0 Å². The van der Waals surface area contributed by atoms with Crippen molar-refractivity contribution in [2.75, 3.05) is 5.32 Å². The molecule has 0 saturated carbocycles. The minimum Gasteiger partial charge on any atom is -0.392 e. The third kappa shape index (κ3) is 2.63. The lowest BCUT2D eigenvalue weighted by Gasteiger charge is -2.08. The molecule has 0 aliphatic heterocycles. The number of halogens is 1. The molecule has 1 aromatic heterocycles. The Morgan fingerprint density at radius 2 is 2.05 bits per heavy atom. The quantitative estimate of drug-likeness (QED) is 0.692. The SMILES string of the molecule is O=C(Nc1ccccc1CO)c1c[nH]c2ccc(Cl)cc12. The lowest BCUT2D eigenvalue weighted by atomic mass is 10.1. The maximum Gasteiger partial charge on any atom is 0.257 e. The predicted molar refractivity (Wildman–Crippen MR) is 83.6 cm³/mol. The number of hydrogen-bond acceptors (Lipinski definition) is 2. The standard InChI is InChI=1S/C16H13ClN2O2/c17-11-5-6-15-12(7-11)13(8-18-15)16(21)19-14-4-2-1-3-10(14)9-20/h1-8,18,20H,9H2,(H,19,21). The van der Waals surface area contributed by atoms with E-state index in [1.165, 1.54) is 0 Å². The average Bonchev–Trinajstić information content (AvgIpc) is 2.90. The average molecular weight is 301 g/mol. The van der Waals surface area contributed by atoms with E-state index in [2.05, 4.69) is 10.3 Å². The molecule has 0 saturated heterocycles. The molecule has 3 aromatic rings. The lowest BCUT2D eigenvalue weighted by molar-refractivity contribution is 0.102. The summed E-state index contributed by atoms with van der Waals surface area (Å²) >= 11 is 5.98. The Hall–Kier alpha value is -2.30. The van der Waals surface area contributed by atoms with E-state index in [4.69, 9.17) is 11.6 Å². The highest BCUT2D eigenvalue weighted by Gasteiger charge is 2.13. The second-order valence-corrected chi connectivity index (χ2v) is 5.10. The van der Waals surface area contributed by atoms with Crippen molar-refractivity contribution in [3.8, 4) is 0 Å². The van der Waals surface area contributed by atoms with Crippen LogP contribution in [0.4, 0.5) is 5.69 Å². The van der Waals surface area contributed by atoms with Crippen molar-refractivity contribution in [2.45, 2.75) is 6.61 Å². The van der Waals surface area contributed by atoms with Crippen LogP contribution in [0.5, 0.6) is 0 Å². The summed E-state index contributed by atoms with van der Waals surface area (Å²) in [4.78, 5) is 15.5. The Bertz CT molecular complexity index is 811. The summed E-state index contributed by atoms with van der Waals surface area (Å²) in [5.41, 5.74) is 2.63. The Morgan fingerprint density at radius 3 is 2.86 bits per heavy atom. The fraction of sp³-hybridized carbons (Fsp3) is 0.0625. The molecular weight excluding hydrogens is 288 g/mol. The molecule has 1 heterocycles. The number of benzene rings is 2. The summed E-state index contributed by atoms with van der Waals surface area (Å²) in [5.74, 6) is -0.246. The van der Waals surface area contributed by atoms with Gasteiger partial charge >= 0.3 is 0 Å². The highest BCUT2D eigenvalue weighted by molar-refractivity contribution is 6.31. The second-order valence-electron chi connectivity index (χ2n) is 4.66. The van der Waals surface area contributed by atoms with Gasteiger partial charge in [-0.3, -0.25) is 4.79 Å². The third-order valence-electron chi connectivity index (χ3n) is 3.32. The first kappa shape index (κ1) is 13.7. The van der Waals surface area contributed by atoms with Crippen molar-refractivity contribution in [2.24, 2.45) is 0 Å². The predicted octanol–water partition coefficient (Wildman–Crippen LogP) is 3.57. The summed E-state index contributed by atoms with van der Waals surface area (Å²) in [5, 5.41) is 13.4. The topological polar surface area (TPSA) is 65.1 Å². The van der Waals surface area contributed by atoms with Gasteiger partial charge in [0.2, 0.25) is 0 Å². The van der Waals surface area contributed by atoms with Crippen LogP contribution in [0, 0.1) is 0 Å². The first-order valence-corrected chi connectivity index (χ1v) is 6.83. The highest BCUT2D eigenvalue weighted by atomic mass is 35.5. The molecule has 0 bridgehead atoms. The highest BCUT2D eigenvalue weighted by Crippen LogP contribution is 2.24. The molecule has 0 aliphatic rings. The van der Waals surface area contributed by atoms with Gasteiger partial charge in [0.05, 0.1) is 12.2 Å². The molecule has 0 spiro atoms. The molecule has 0 atom stereocenters. The van der Waals surface area contributed by atoms with E-state index in [1.54, 1.807) is 36.5 Å². The normalized spacial score (nSPS) is 10.8. The number of H-pyrrole nitrogens is 1. The van der Waals surface area contributed by atoms with Crippen molar-refractivity contribution < 1.29 is 9.90 Å². The largest absolute Gasteiger partial charge is 0.392 e. The van der Waals surface area contributed by atoms with Gasteiger partial charge < -0.3 is 15.4 Å². The Labute approximate surface area is 126 Å². The first-order valence-electron chi connectivity index (χ1n) is 6.46. The summed E-state index contributed by atoms with van der Waals surface area (Å²) in [6, 6.07) is 12.5. The van der Waals surface area contributed by atoms with Gasteiger partial charge in [0.25, 0.3) is 5.91 Å². The van der Waals surface area contributed by atoms with E-state index < -0.39 is 0 Å². The van der Waals surface area contributed by atoms with E-state index >= 15 is 0 Å². The van der Waals surface area contributed by atoms with Crippen molar-refractivity contribution in [3.05, 3.63) is 64.8 Å². The van der Waals surface area contributed by atoms with Crippen molar-refractivity contribution in [3.63, 3.8) is 0 Å². The van der Waals surface area contributed by atoms with Crippen molar-refractivity contribution >= 4 is 34.1 Å². The van der Waals surface area contributed by atoms with E-state index in [1.807, 2.05) is 12.1 Å². The number of carbonyl (C=O) groups excluding carboxylic acids is 1. The number of hydrogen-bond donors (Lipinski definition) is 3. The Balaban J connectivity index is 1.96.